The minimum Gasteiger partial charge on any atom is -0.364 e. The molecule has 0 bridgehead atoms. The number of ether oxygens (including phenoxy) is 1. The summed E-state index contributed by atoms with van der Waals surface area (Å²) in [5.74, 6) is 0. The third-order valence-corrected chi connectivity index (χ3v) is 3.36. The minimum absolute atomic E-state index is 0.373. The smallest absolute Gasteiger partial charge is 0.108 e. The van der Waals surface area contributed by atoms with Gasteiger partial charge in [0.1, 0.15) is 5.44 Å². The van der Waals surface area contributed by atoms with Crippen molar-refractivity contribution >= 4 is 11.8 Å². The molecule has 1 heterocycles. The number of hydrogen-bond acceptors (Lipinski definition) is 2. The van der Waals surface area contributed by atoms with E-state index in [2.05, 4.69) is 31.2 Å². The molecule has 0 spiro atoms. The van der Waals surface area contributed by atoms with Gasteiger partial charge in [0.15, 0.2) is 0 Å². The molecule has 1 saturated heterocycles. The molecule has 1 aliphatic heterocycles. The Morgan fingerprint density at radius 3 is 2.62 bits per heavy atom. The Hall–Kier alpha value is -0.470. The van der Waals surface area contributed by atoms with Crippen LogP contribution in [0.5, 0.6) is 0 Å². The van der Waals surface area contributed by atoms with Crippen LogP contribution in [-0.4, -0.2) is 11.5 Å². The monoisotopic (exact) mass is 194 g/mol. The van der Waals surface area contributed by atoms with Crippen LogP contribution in [0.3, 0.4) is 0 Å². The average molecular weight is 194 g/mol. The van der Waals surface area contributed by atoms with Crippen LogP contribution in [0, 0.1) is 0 Å². The van der Waals surface area contributed by atoms with Gasteiger partial charge in [-0.05, 0) is 31.9 Å². The molecular formula is C11H14OS. The maximum absolute atomic E-state index is 5.73. The normalized spacial score (nSPS) is 27.8. The number of benzene rings is 1. The molecular weight excluding hydrogens is 180 g/mol. The van der Waals surface area contributed by atoms with Crippen molar-refractivity contribution in [3.8, 4) is 0 Å². The molecule has 1 fully saturated rings. The molecule has 2 atom stereocenters. The zero-order valence-corrected chi connectivity index (χ0v) is 8.59. The van der Waals surface area contributed by atoms with E-state index in [1.807, 2.05) is 17.8 Å². The lowest BCUT2D eigenvalue weighted by molar-refractivity contribution is 0.106. The van der Waals surface area contributed by atoms with Crippen LogP contribution in [-0.2, 0) is 4.74 Å². The number of rotatable bonds is 2. The zero-order chi connectivity index (χ0) is 9.10. The highest BCUT2D eigenvalue weighted by Gasteiger charge is 2.22. The van der Waals surface area contributed by atoms with Crippen molar-refractivity contribution in [2.75, 3.05) is 0 Å². The topological polar surface area (TPSA) is 9.23 Å². The Morgan fingerprint density at radius 1 is 1.23 bits per heavy atom. The van der Waals surface area contributed by atoms with Crippen molar-refractivity contribution in [3.05, 3.63) is 30.3 Å². The molecule has 0 radical (unpaired) electrons. The van der Waals surface area contributed by atoms with E-state index in [0.717, 1.165) is 0 Å². The van der Waals surface area contributed by atoms with Gasteiger partial charge < -0.3 is 4.74 Å². The average Bonchev–Trinajstić information content (AvgIpc) is 2.53. The van der Waals surface area contributed by atoms with Crippen molar-refractivity contribution < 1.29 is 4.74 Å². The van der Waals surface area contributed by atoms with Crippen LogP contribution < -0.4 is 0 Å². The van der Waals surface area contributed by atoms with Gasteiger partial charge in [0.2, 0.25) is 0 Å². The summed E-state index contributed by atoms with van der Waals surface area (Å²) in [6.45, 7) is 2.14. The van der Waals surface area contributed by atoms with Gasteiger partial charge in [0.25, 0.3) is 0 Å². The summed E-state index contributed by atoms with van der Waals surface area (Å²) in [6.07, 6.45) is 2.83. The third kappa shape index (κ3) is 2.48. The molecule has 0 amide bonds. The highest BCUT2D eigenvalue weighted by Crippen LogP contribution is 2.32. The lowest BCUT2D eigenvalue weighted by Crippen LogP contribution is -2.02. The molecule has 13 heavy (non-hydrogen) atoms. The molecule has 1 nitrogen and oxygen atoms in total. The van der Waals surface area contributed by atoms with Gasteiger partial charge in [0.05, 0.1) is 6.10 Å². The molecule has 2 rings (SSSR count). The highest BCUT2D eigenvalue weighted by molar-refractivity contribution is 7.99. The SMILES string of the molecule is CC1CCC(Sc2ccccc2)O1. The lowest BCUT2D eigenvalue weighted by Gasteiger charge is -2.09. The van der Waals surface area contributed by atoms with Gasteiger partial charge >= 0.3 is 0 Å². The van der Waals surface area contributed by atoms with Crippen LogP contribution in [0.1, 0.15) is 19.8 Å². The Labute approximate surface area is 83.5 Å². The van der Waals surface area contributed by atoms with Gasteiger partial charge in [0, 0.05) is 4.90 Å². The van der Waals surface area contributed by atoms with Gasteiger partial charge in [-0.3, -0.25) is 0 Å². The van der Waals surface area contributed by atoms with E-state index >= 15 is 0 Å². The Balaban J connectivity index is 1.92. The standard InChI is InChI=1S/C11H14OS/c1-9-7-8-11(12-9)13-10-5-3-2-4-6-10/h2-6,9,11H,7-8H2,1H3. The Bertz CT molecular complexity index is 260. The van der Waals surface area contributed by atoms with Crippen LogP contribution in [0.2, 0.25) is 0 Å². The summed E-state index contributed by atoms with van der Waals surface area (Å²) in [6, 6.07) is 10.5. The van der Waals surface area contributed by atoms with Crippen molar-refractivity contribution in [1.29, 1.82) is 0 Å². The molecule has 0 aliphatic carbocycles. The highest BCUT2D eigenvalue weighted by atomic mass is 32.2. The number of thioether (sulfide) groups is 1. The van der Waals surface area contributed by atoms with Crippen molar-refractivity contribution in [2.45, 2.75) is 36.2 Å². The molecule has 0 saturated carbocycles. The first-order valence-electron chi connectivity index (χ1n) is 4.72. The third-order valence-electron chi connectivity index (χ3n) is 2.20. The fourth-order valence-corrected chi connectivity index (χ4v) is 2.62. The first kappa shape index (κ1) is 9.10. The van der Waals surface area contributed by atoms with E-state index < -0.39 is 0 Å². The summed E-state index contributed by atoms with van der Waals surface area (Å²) < 4.78 is 5.73. The summed E-state index contributed by atoms with van der Waals surface area (Å²) in [5.41, 5.74) is 0.373. The van der Waals surface area contributed by atoms with E-state index in [1.54, 1.807) is 0 Å². The van der Waals surface area contributed by atoms with E-state index in [9.17, 15) is 0 Å². The predicted octanol–water partition coefficient (Wildman–Crippen LogP) is 3.30. The van der Waals surface area contributed by atoms with Gasteiger partial charge in [-0.15, -0.1) is 0 Å². The maximum Gasteiger partial charge on any atom is 0.108 e. The molecule has 2 unspecified atom stereocenters. The van der Waals surface area contributed by atoms with Crippen molar-refractivity contribution in [1.82, 2.24) is 0 Å². The molecule has 70 valence electrons. The summed E-state index contributed by atoms with van der Waals surface area (Å²) in [7, 11) is 0. The second kappa shape index (κ2) is 4.16. The van der Waals surface area contributed by atoms with Crippen LogP contribution in [0.15, 0.2) is 35.2 Å². The molecule has 1 aliphatic rings. The second-order valence-corrected chi connectivity index (χ2v) is 4.62. The Morgan fingerprint density at radius 2 is 2.00 bits per heavy atom. The van der Waals surface area contributed by atoms with Crippen LogP contribution in [0.25, 0.3) is 0 Å². The molecule has 0 N–H and O–H groups in total. The molecule has 1 aromatic rings. The molecule has 1 aromatic carbocycles. The zero-order valence-electron chi connectivity index (χ0n) is 7.77. The summed E-state index contributed by atoms with van der Waals surface area (Å²) in [5, 5.41) is 0. The van der Waals surface area contributed by atoms with Gasteiger partial charge in [-0.1, -0.05) is 30.0 Å². The van der Waals surface area contributed by atoms with E-state index in [0.29, 0.717) is 11.5 Å². The number of hydrogen-bond donors (Lipinski definition) is 0. The Kier molecular flexibility index (Phi) is 2.91. The van der Waals surface area contributed by atoms with Crippen molar-refractivity contribution in [2.24, 2.45) is 0 Å². The van der Waals surface area contributed by atoms with E-state index in [-0.39, 0.29) is 0 Å². The first-order chi connectivity index (χ1) is 6.34. The molecule has 0 aromatic heterocycles. The maximum atomic E-state index is 5.73. The van der Waals surface area contributed by atoms with Gasteiger partial charge in [-0.25, -0.2) is 0 Å². The fourth-order valence-electron chi connectivity index (χ4n) is 1.50. The lowest BCUT2D eigenvalue weighted by atomic mass is 10.3. The van der Waals surface area contributed by atoms with E-state index in [4.69, 9.17) is 4.74 Å². The summed E-state index contributed by atoms with van der Waals surface area (Å²) in [4.78, 5) is 1.31. The van der Waals surface area contributed by atoms with Crippen molar-refractivity contribution in [3.63, 3.8) is 0 Å². The quantitative estimate of drug-likeness (QED) is 0.714. The van der Waals surface area contributed by atoms with Crippen LogP contribution >= 0.6 is 11.8 Å². The molecule has 2 heteroatoms. The van der Waals surface area contributed by atoms with Crippen LogP contribution in [0.4, 0.5) is 0 Å². The second-order valence-electron chi connectivity index (χ2n) is 3.38. The minimum atomic E-state index is 0.373. The summed E-state index contributed by atoms with van der Waals surface area (Å²) >= 11 is 1.83. The fraction of sp³-hybridized carbons (Fsp3) is 0.455. The van der Waals surface area contributed by atoms with E-state index in [1.165, 1.54) is 17.7 Å². The predicted molar refractivity (Wildman–Crippen MR) is 55.9 cm³/mol. The first-order valence-corrected chi connectivity index (χ1v) is 5.60. The largest absolute Gasteiger partial charge is 0.364 e. The van der Waals surface area contributed by atoms with Gasteiger partial charge in [-0.2, -0.15) is 0 Å².